The van der Waals surface area contributed by atoms with Gasteiger partial charge in [0.1, 0.15) is 10.9 Å². The maximum atomic E-state index is 12.1. The third-order valence-electron chi connectivity index (χ3n) is 3.11. The van der Waals surface area contributed by atoms with Gasteiger partial charge in [0.05, 0.1) is 4.91 Å². The Hall–Kier alpha value is -2.12. The van der Waals surface area contributed by atoms with Crippen LogP contribution in [0.2, 0.25) is 0 Å². The molecule has 2 rings (SSSR count). The molecule has 0 spiro atoms. The number of hydrogen-bond donors (Lipinski definition) is 1. The first-order valence-electron chi connectivity index (χ1n) is 6.79. The summed E-state index contributed by atoms with van der Waals surface area (Å²) in [6, 6.07) is 7.97. The lowest BCUT2D eigenvalue weighted by molar-refractivity contribution is -0.140. The average molecular weight is 348 g/mol. The molecule has 1 fully saturated rings. The molecule has 0 saturated carbocycles. The molecule has 1 amide bonds. The molecule has 1 aromatic rings. The zero-order valence-corrected chi connectivity index (χ0v) is 14.4. The van der Waals surface area contributed by atoms with E-state index in [1.165, 1.54) is 0 Å². The molecule has 1 aliphatic heterocycles. The van der Waals surface area contributed by atoms with E-state index in [1.807, 2.05) is 49.3 Å². The number of anilines is 1. The van der Waals surface area contributed by atoms with E-state index in [2.05, 4.69) is 0 Å². The lowest BCUT2D eigenvalue weighted by Crippen LogP contribution is -2.33. The van der Waals surface area contributed by atoms with E-state index in [4.69, 9.17) is 17.3 Å². The number of aliphatic carboxylic acids is 1. The van der Waals surface area contributed by atoms with Gasteiger partial charge in [-0.05, 0) is 23.8 Å². The lowest BCUT2D eigenvalue weighted by atomic mass is 10.2. The van der Waals surface area contributed by atoms with E-state index in [9.17, 15) is 9.59 Å². The lowest BCUT2D eigenvalue weighted by Gasteiger charge is -2.11. The van der Waals surface area contributed by atoms with Gasteiger partial charge in [0.25, 0.3) is 5.91 Å². The Morgan fingerprint density at radius 2 is 2.00 bits per heavy atom. The van der Waals surface area contributed by atoms with Crippen molar-refractivity contribution < 1.29 is 14.7 Å². The Morgan fingerprint density at radius 3 is 2.57 bits per heavy atom. The van der Waals surface area contributed by atoms with Crippen LogP contribution in [0.3, 0.4) is 0 Å². The van der Waals surface area contributed by atoms with Crippen LogP contribution in [0, 0.1) is 0 Å². The Labute approximate surface area is 144 Å². The highest BCUT2D eigenvalue weighted by Gasteiger charge is 2.32. The fourth-order valence-corrected chi connectivity index (χ4v) is 3.12. The Balaban J connectivity index is 2.06. The van der Waals surface area contributed by atoms with E-state index < -0.39 is 12.5 Å². The summed E-state index contributed by atoms with van der Waals surface area (Å²) in [5, 5.41) is 8.78. The van der Waals surface area contributed by atoms with Gasteiger partial charge in [-0.1, -0.05) is 48.3 Å². The number of hydrogen-bond acceptors (Lipinski definition) is 5. The van der Waals surface area contributed by atoms with Crippen molar-refractivity contribution in [1.82, 2.24) is 4.90 Å². The van der Waals surface area contributed by atoms with Gasteiger partial charge in [0.15, 0.2) is 0 Å². The third-order valence-corrected chi connectivity index (χ3v) is 4.51. The minimum absolute atomic E-state index is 0.271. The highest BCUT2D eigenvalue weighted by molar-refractivity contribution is 8.26. The number of allylic oxidation sites excluding steroid dienone is 2. The van der Waals surface area contributed by atoms with Crippen molar-refractivity contribution in [2.45, 2.75) is 0 Å². The molecule has 1 N–H and O–H groups in total. The van der Waals surface area contributed by atoms with Crippen molar-refractivity contribution in [3.05, 3.63) is 46.9 Å². The van der Waals surface area contributed by atoms with Crippen molar-refractivity contribution in [3.63, 3.8) is 0 Å². The predicted molar refractivity (Wildman–Crippen MR) is 97.4 cm³/mol. The SMILES string of the molecule is CN(C)c1ccc(/C=C/C=C2/SC(=S)N(CC(=O)O)C2=O)cc1. The summed E-state index contributed by atoms with van der Waals surface area (Å²) >= 11 is 6.14. The number of carboxylic acid groups (broad SMARTS) is 1. The third kappa shape index (κ3) is 4.43. The standard InChI is InChI=1S/C16H16N2O3S2/c1-17(2)12-8-6-11(7-9-12)4-3-5-13-15(21)18(10-14(19)20)16(22)23-13/h3-9H,10H2,1-2H3,(H,19,20)/b4-3+,13-5+. The highest BCUT2D eigenvalue weighted by Crippen LogP contribution is 2.30. The van der Waals surface area contributed by atoms with Crippen LogP contribution in [-0.4, -0.2) is 46.8 Å². The van der Waals surface area contributed by atoms with Crippen LogP contribution in [0.4, 0.5) is 5.69 Å². The number of thioether (sulfide) groups is 1. The van der Waals surface area contributed by atoms with Crippen molar-refractivity contribution in [2.24, 2.45) is 0 Å². The normalized spacial score (nSPS) is 16.6. The van der Waals surface area contributed by atoms with Crippen LogP contribution in [0.5, 0.6) is 0 Å². The first-order valence-corrected chi connectivity index (χ1v) is 8.02. The molecule has 0 aliphatic carbocycles. The first kappa shape index (κ1) is 17.2. The summed E-state index contributed by atoms with van der Waals surface area (Å²) < 4.78 is 0.271. The van der Waals surface area contributed by atoms with Crippen molar-refractivity contribution >= 4 is 51.9 Å². The summed E-state index contributed by atoms with van der Waals surface area (Å²) in [5.41, 5.74) is 2.12. The summed E-state index contributed by atoms with van der Waals surface area (Å²) in [6.07, 6.45) is 5.29. The number of carboxylic acids is 1. The van der Waals surface area contributed by atoms with Gasteiger partial charge in [-0.3, -0.25) is 14.5 Å². The fraction of sp³-hybridized carbons (Fsp3) is 0.188. The van der Waals surface area contributed by atoms with Gasteiger partial charge in [0.2, 0.25) is 0 Å². The van der Waals surface area contributed by atoms with Gasteiger partial charge >= 0.3 is 5.97 Å². The van der Waals surface area contributed by atoms with E-state index in [1.54, 1.807) is 12.2 Å². The summed E-state index contributed by atoms with van der Waals surface area (Å²) in [7, 11) is 3.95. The smallest absolute Gasteiger partial charge is 0.323 e. The molecule has 0 radical (unpaired) electrons. The van der Waals surface area contributed by atoms with Crippen LogP contribution in [0.25, 0.3) is 6.08 Å². The van der Waals surface area contributed by atoms with Gasteiger partial charge in [0, 0.05) is 19.8 Å². The second kappa shape index (κ2) is 7.43. The molecule has 0 bridgehead atoms. The first-order chi connectivity index (χ1) is 10.9. The molecule has 120 valence electrons. The quantitative estimate of drug-likeness (QED) is 0.652. The minimum atomic E-state index is -1.08. The van der Waals surface area contributed by atoms with Crippen LogP contribution < -0.4 is 4.90 Å². The van der Waals surface area contributed by atoms with Crippen molar-refractivity contribution in [3.8, 4) is 0 Å². The van der Waals surface area contributed by atoms with Crippen molar-refractivity contribution in [1.29, 1.82) is 0 Å². The van der Waals surface area contributed by atoms with E-state index in [-0.39, 0.29) is 10.2 Å². The summed E-state index contributed by atoms with van der Waals surface area (Å²) in [5.74, 6) is -1.45. The Kier molecular flexibility index (Phi) is 5.57. The number of nitrogens with zero attached hydrogens (tertiary/aromatic N) is 2. The number of thiocarbonyl (C=S) groups is 1. The average Bonchev–Trinajstić information content (AvgIpc) is 2.75. The molecule has 7 heteroatoms. The maximum Gasteiger partial charge on any atom is 0.323 e. The van der Waals surface area contributed by atoms with Crippen LogP contribution >= 0.6 is 24.0 Å². The summed E-state index contributed by atoms with van der Waals surface area (Å²) in [6.45, 7) is -0.405. The van der Waals surface area contributed by atoms with E-state index >= 15 is 0 Å². The molecule has 1 aromatic carbocycles. The molecular weight excluding hydrogens is 332 g/mol. The zero-order valence-electron chi connectivity index (χ0n) is 12.7. The molecule has 1 heterocycles. The largest absolute Gasteiger partial charge is 0.480 e. The number of benzene rings is 1. The second-order valence-electron chi connectivity index (χ2n) is 5.03. The Bertz CT molecular complexity index is 694. The van der Waals surface area contributed by atoms with E-state index in [0.717, 1.165) is 27.9 Å². The summed E-state index contributed by atoms with van der Waals surface area (Å²) in [4.78, 5) is 26.3. The topological polar surface area (TPSA) is 60.9 Å². The van der Waals surface area contributed by atoms with E-state index in [0.29, 0.717) is 4.91 Å². The molecule has 0 atom stereocenters. The van der Waals surface area contributed by atoms with Crippen molar-refractivity contribution in [2.75, 3.05) is 25.5 Å². The molecule has 23 heavy (non-hydrogen) atoms. The Morgan fingerprint density at radius 1 is 1.35 bits per heavy atom. The predicted octanol–water partition coefficient (Wildman–Crippen LogP) is 2.59. The fourth-order valence-electron chi connectivity index (χ4n) is 1.92. The molecule has 1 aliphatic rings. The molecule has 0 unspecified atom stereocenters. The highest BCUT2D eigenvalue weighted by atomic mass is 32.2. The molecule has 0 aromatic heterocycles. The van der Waals surface area contributed by atoms with Gasteiger partial charge in [-0.25, -0.2) is 0 Å². The number of carbonyl (C=O) groups is 2. The molecule has 1 saturated heterocycles. The zero-order chi connectivity index (χ0) is 17.0. The number of rotatable bonds is 5. The van der Waals surface area contributed by atoms with Crippen LogP contribution in [-0.2, 0) is 9.59 Å². The van der Waals surface area contributed by atoms with Gasteiger partial charge in [-0.2, -0.15) is 0 Å². The van der Waals surface area contributed by atoms with Crippen LogP contribution in [0.1, 0.15) is 5.56 Å². The number of amides is 1. The minimum Gasteiger partial charge on any atom is -0.480 e. The second-order valence-corrected chi connectivity index (χ2v) is 6.70. The van der Waals surface area contributed by atoms with Crippen LogP contribution in [0.15, 0.2) is 41.3 Å². The molecular formula is C16H16N2O3S2. The van der Waals surface area contributed by atoms with Gasteiger partial charge in [-0.15, -0.1) is 0 Å². The van der Waals surface area contributed by atoms with Gasteiger partial charge < -0.3 is 10.0 Å². The monoisotopic (exact) mass is 348 g/mol. The number of carbonyl (C=O) groups excluding carboxylic acids is 1. The maximum absolute atomic E-state index is 12.1. The molecule has 5 nitrogen and oxygen atoms in total.